The van der Waals surface area contributed by atoms with Gasteiger partial charge in [0, 0.05) is 24.4 Å². The summed E-state index contributed by atoms with van der Waals surface area (Å²) in [6.45, 7) is 0.873. The lowest BCUT2D eigenvalue weighted by Gasteiger charge is -2.17. The zero-order chi connectivity index (χ0) is 11.3. The summed E-state index contributed by atoms with van der Waals surface area (Å²) in [4.78, 5) is 23.0. The molecule has 0 saturated heterocycles. The van der Waals surface area contributed by atoms with Gasteiger partial charge < -0.3 is 9.67 Å². The van der Waals surface area contributed by atoms with Crippen LogP contribution in [0.4, 0.5) is 0 Å². The lowest BCUT2D eigenvalue weighted by Crippen LogP contribution is -2.15. The molecule has 4 nitrogen and oxygen atoms in total. The van der Waals surface area contributed by atoms with E-state index in [4.69, 9.17) is 0 Å². The molecule has 1 N–H and O–H groups in total. The Labute approximate surface area is 92.9 Å². The molecule has 0 radical (unpaired) electrons. The molecule has 1 aromatic rings. The van der Waals surface area contributed by atoms with Crippen LogP contribution in [0.2, 0.25) is 0 Å². The number of carboxylic acids is 1. The van der Waals surface area contributed by atoms with Gasteiger partial charge in [-0.25, -0.2) is 4.79 Å². The number of hydrogen-bond donors (Lipinski definition) is 1. The molecule has 0 saturated carbocycles. The van der Waals surface area contributed by atoms with E-state index in [0.29, 0.717) is 18.4 Å². The van der Waals surface area contributed by atoms with Gasteiger partial charge in [-0.3, -0.25) is 4.79 Å². The summed E-state index contributed by atoms with van der Waals surface area (Å²) >= 11 is 0. The number of aromatic carboxylic acids is 1. The van der Waals surface area contributed by atoms with E-state index < -0.39 is 5.97 Å². The van der Waals surface area contributed by atoms with Crippen LogP contribution in [-0.2, 0) is 19.4 Å². The largest absolute Gasteiger partial charge is 0.478 e. The van der Waals surface area contributed by atoms with Gasteiger partial charge in [-0.05, 0) is 25.7 Å². The van der Waals surface area contributed by atoms with Gasteiger partial charge in [-0.15, -0.1) is 0 Å². The fourth-order valence-corrected chi connectivity index (χ4v) is 2.96. The van der Waals surface area contributed by atoms with Crippen LogP contribution in [0.1, 0.15) is 51.4 Å². The van der Waals surface area contributed by atoms with E-state index in [1.807, 2.05) is 0 Å². The first-order chi connectivity index (χ1) is 7.70. The van der Waals surface area contributed by atoms with Crippen molar-refractivity contribution in [2.24, 2.45) is 0 Å². The van der Waals surface area contributed by atoms with Gasteiger partial charge in [-0.2, -0.15) is 0 Å². The van der Waals surface area contributed by atoms with Crippen molar-refractivity contribution in [2.75, 3.05) is 0 Å². The first-order valence-corrected chi connectivity index (χ1v) is 5.71. The minimum Gasteiger partial charge on any atom is -0.478 e. The maximum Gasteiger partial charge on any atom is 0.338 e. The number of carbonyl (C=O) groups excluding carboxylic acids is 1. The summed E-state index contributed by atoms with van der Waals surface area (Å²) in [6.07, 6.45) is 4.10. The van der Waals surface area contributed by atoms with Crippen molar-refractivity contribution in [2.45, 2.75) is 38.6 Å². The second-order valence-electron chi connectivity index (χ2n) is 4.48. The molecular weight excluding hydrogens is 206 g/mol. The number of aromatic nitrogens is 1. The highest BCUT2D eigenvalue weighted by Gasteiger charge is 2.34. The minimum atomic E-state index is -0.942. The van der Waals surface area contributed by atoms with Crippen molar-refractivity contribution in [3.8, 4) is 0 Å². The van der Waals surface area contributed by atoms with E-state index in [1.54, 1.807) is 0 Å². The zero-order valence-corrected chi connectivity index (χ0v) is 8.95. The highest BCUT2D eigenvalue weighted by Crippen LogP contribution is 2.34. The third kappa shape index (κ3) is 1.10. The maximum absolute atomic E-state index is 11.7. The Bertz CT molecular complexity index is 499. The van der Waals surface area contributed by atoms with Crippen LogP contribution >= 0.6 is 0 Å². The molecule has 84 valence electrons. The molecule has 0 bridgehead atoms. The lowest BCUT2D eigenvalue weighted by molar-refractivity contribution is 0.0690. The predicted molar refractivity (Wildman–Crippen MR) is 57.0 cm³/mol. The van der Waals surface area contributed by atoms with Crippen LogP contribution < -0.4 is 0 Å². The number of ketones is 1. The molecule has 0 aromatic carbocycles. The van der Waals surface area contributed by atoms with E-state index in [9.17, 15) is 14.7 Å². The molecule has 3 rings (SSSR count). The Hall–Kier alpha value is -1.58. The number of rotatable bonds is 1. The van der Waals surface area contributed by atoms with Crippen molar-refractivity contribution >= 4 is 11.8 Å². The van der Waals surface area contributed by atoms with Crippen LogP contribution in [0.3, 0.4) is 0 Å². The molecule has 0 atom stereocenters. The Balaban J connectivity index is 2.30. The molecule has 1 aromatic heterocycles. The summed E-state index contributed by atoms with van der Waals surface area (Å²) < 4.78 is 2.08. The molecule has 1 aliphatic heterocycles. The number of fused-ring (bicyclic) bond motifs is 3. The van der Waals surface area contributed by atoms with E-state index in [-0.39, 0.29) is 11.3 Å². The average Bonchev–Trinajstić information content (AvgIpc) is 2.77. The van der Waals surface area contributed by atoms with Gasteiger partial charge in [0.05, 0.1) is 11.1 Å². The normalized spacial score (nSPS) is 18.4. The molecule has 0 unspecified atom stereocenters. The van der Waals surface area contributed by atoms with Gasteiger partial charge in [0.15, 0.2) is 5.78 Å². The zero-order valence-electron chi connectivity index (χ0n) is 8.95. The Kier molecular flexibility index (Phi) is 1.93. The van der Waals surface area contributed by atoms with E-state index in [0.717, 1.165) is 37.2 Å². The second-order valence-corrected chi connectivity index (χ2v) is 4.48. The summed E-state index contributed by atoms with van der Waals surface area (Å²) in [7, 11) is 0. The van der Waals surface area contributed by atoms with Crippen LogP contribution in [0.25, 0.3) is 0 Å². The maximum atomic E-state index is 11.7. The quantitative estimate of drug-likeness (QED) is 0.781. The summed E-state index contributed by atoms with van der Waals surface area (Å²) in [5.74, 6) is -0.934. The molecule has 0 amide bonds. The standard InChI is InChI=1S/C12H13NO3/c14-9-5-4-8-10(9)11(12(15)16)7-3-1-2-6-13(7)8/h1-6H2,(H,15,16). The van der Waals surface area contributed by atoms with Gasteiger partial charge in [0.1, 0.15) is 0 Å². The number of Topliss-reactive ketones (excluding diaryl/α,β-unsaturated/α-hetero) is 1. The van der Waals surface area contributed by atoms with Gasteiger partial charge in [0.2, 0.25) is 0 Å². The molecule has 4 heteroatoms. The number of carboxylic acid groups (broad SMARTS) is 1. The predicted octanol–water partition coefficient (Wildman–Crippen LogP) is 1.65. The Morgan fingerprint density at radius 2 is 1.94 bits per heavy atom. The average molecular weight is 219 g/mol. The van der Waals surface area contributed by atoms with E-state index in [2.05, 4.69) is 4.57 Å². The first kappa shape index (κ1) is 9.63. The molecular formula is C12H13NO3. The Morgan fingerprint density at radius 3 is 2.69 bits per heavy atom. The van der Waals surface area contributed by atoms with Crippen molar-refractivity contribution in [3.05, 3.63) is 22.5 Å². The van der Waals surface area contributed by atoms with Crippen molar-refractivity contribution in [1.29, 1.82) is 0 Å². The van der Waals surface area contributed by atoms with Crippen molar-refractivity contribution < 1.29 is 14.7 Å². The fourth-order valence-electron chi connectivity index (χ4n) is 2.96. The number of carbonyl (C=O) groups is 2. The van der Waals surface area contributed by atoms with Gasteiger partial charge >= 0.3 is 5.97 Å². The highest BCUT2D eigenvalue weighted by atomic mass is 16.4. The van der Waals surface area contributed by atoms with Crippen LogP contribution in [0, 0.1) is 0 Å². The number of nitrogens with zero attached hydrogens (tertiary/aromatic N) is 1. The second kappa shape index (κ2) is 3.20. The first-order valence-electron chi connectivity index (χ1n) is 5.71. The molecule has 2 aliphatic rings. The Morgan fingerprint density at radius 1 is 1.12 bits per heavy atom. The third-order valence-corrected chi connectivity index (χ3v) is 3.61. The van der Waals surface area contributed by atoms with E-state index >= 15 is 0 Å². The smallest absolute Gasteiger partial charge is 0.338 e. The highest BCUT2D eigenvalue weighted by molar-refractivity contribution is 6.09. The number of hydrogen-bond acceptors (Lipinski definition) is 2. The minimum absolute atomic E-state index is 0.00861. The SMILES string of the molecule is O=C(O)c1c2c(n3c1CCCC3)CCC2=O. The topological polar surface area (TPSA) is 59.3 Å². The third-order valence-electron chi connectivity index (χ3n) is 3.61. The monoisotopic (exact) mass is 219 g/mol. The van der Waals surface area contributed by atoms with Crippen molar-refractivity contribution in [1.82, 2.24) is 4.57 Å². The summed E-state index contributed by atoms with van der Waals surface area (Å²) in [5.41, 5.74) is 2.63. The van der Waals surface area contributed by atoms with Crippen LogP contribution in [0.15, 0.2) is 0 Å². The summed E-state index contributed by atoms with van der Waals surface area (Å²) in [5, 5.41) is 9.25. The van der Waals surface area contributed by atoms with Gasteiger partial charge in [-0.1, -0.05) is 0 Å². The van der Waals surface area contributed by atoms with E-state index in [1.165, 1.54) is 0 Å². The molecule has 0 fully saturated rings. The molecule has 2 heterocycles. The summed E-state index contributed by atoms with van der Waals surface area (Å²) in [6, 6.07) is 0. The van der Waals surface area contributed by atoms with Gasteiger partial charge in [0.25, 0.3) is 0 Å². The lowest BCUT2D eigenvalue weighted by atomic mass is 10.0. The van der Waals surface area contributed by atoms with Crippen LogP contribution in [0.5, 0.6) is 0 Å². The molecule has 1 aliphatic carbocycles. The van der Waals surface area contributed by atoms with Crippen molar-refractivity contribution in [3.63, 3.8) is 0 Å². The molecule has 16 heavy (non-hydrogen) atoms. The fraction of sp³-hybridized carbons (Fsp3) is 0.500. The van der Waals surface area contributed by atoms with Crippen LogP contribution in [-0.4, -0.2) is 21.4 Å². The molecule has 0 spiro atoms.